The molecule has 1 aromatic carbocycles. The van der Waals surface area contributed by atoms with Crippen LogP contribution in [0.15, 0.2) is 30.3 Å². The summed E-state index contributed by atoms with van der Waals surface area (Å²) >= 11 is 0. The molecule has 0 aliphatic heterocycles. The van der Waals surface area contributed by atoms with Gasteiger partial charge in [0.15, 0.2) is 0 Å². The van der Waals surface area contributed by atoms with Crippen LogP contribution in [0.25, 0.3) is 5.57 Å². The van der Waals surface area contributed by atoms with Crippen LogP contribution in [0.4, 0.5) is 4.79 Å². The van der Waals surface area contributed by atoms with Crippen molar-refractivity contribution in [3.63, 3.8) is 0 Å². The molecular formula is C13H16O3. The summed E-state index contributed by atoms with van der Waals surface area (Å²) in [7, 11) is 1.29. The highest BCUT2D eigenvalue weighted by Gasteiger charge is 1.98. The van der Waals surface area contributed by atoms with Crippen molar-refractivity contribution < 1.29 is 14.3 Å². The third-order valence-corrected chi connectivity index (χ3v) is 2.26. The molecule has 0 aromatic heterocycles. The van der Waals surface area contributed by atoms with Gasteiger partial charge in [0.25, 0.3) is 0 Å². The van der Waals surface area contributed by atoms with Crippen LogP contribution in [0.2, 0.25) is 0 Å². The van der Waals surface area contributed by atoms with E-state index in [2.05, 4.69) is 4.74 Å². The summed E-state index contributed by atoms with van der Waals surface area (Å²) < 4.78 is 9.13. The first-order valence-corrected chi connectivity index (χ1v) is 5.08. The summed E-state index contributed by atoms with van der Waals surface area (Å²) in [5.74, 6) is 0. The molecule has 0 saturated carbocycles. The molecule has 1 rings (SSSR count). The first kappa shape index (κ1) is 12.3. The first-order valence-electron chi connectivity index (χ1n) is 5.08. The minimum absolute atomic E-state index is 0.229. The van der Waals surface area contributed by atoms with Gasteiger partial charge in [-0.1, -0.05) is 29.8 Å². The fourth-order valence-corrected chi connectivity index (χ4v) is 1.23. The smallest absolute Gasteiger partial charge is 0.438 e. The molecule has 3 heteroatoms. The molecule has 0 amide bonds. The Balaban J connectivity index is 2.56. The van der Waals surface area contributed by atoms with Crippen molar-refractivity contribution in [3.8, 4) is 0 Å². The number of aryl methyl sites for hydroxylation is 1. The predicted octanol–water partition coefficient (Wildman–Crippen LogP) is 3.18. The zero-order valence-electron chi connectivity index (χ0n) is 9.82. The number of benzene rings is 1. The second-order valence-electron chi connectivity index (χ2n) is 3.52. The third-order valence-electron chi connectivity index (χ3n) is 2.26. The maximum absolute atomic E-state index is 10.7. The number of rotatable bonds is 3. The predicted molar refractivity (Wildman–Crippen MR) is 63.2 cm³/mol. The Labute approximate surface area is 95.7 Å². The Morgan fingerprint density at radius 2 is 1.94 bits per heavy atom. The van der Waals surface area contributed by atoms with Gasteiger partial charge in [0.05, 0.1) is 7.11 Å². The normalized spacial score (nSPS) is 11.1. The summed E-state index contributed by atoms with van der Waals surface area (Å²) in [5, 5.41) is 0. The SMILES string of the molecule is COC(=O)OC/C=C(\C)c1ccc(C)cc1. The van der Waals surface area contributed by atoms with Crippen LogP contribution >= 0.6 is 0 Å². The quantitative estimate of drug-likeness (QED) is 0.734. The highest BCUT2D eigenvalue weighted by atomic mass is 16.7. The monoisotopic (exact) mass is 220 g/mol. The van der Waals surface area contributed by atoms with Crippen LogP contribution in [0.3, 0.4) is 0 Å². The molecule has 0 radical (unpaired) electrons. The summed E-state index contributed by atoms with van der Waals surface area (Å²) in [6, 6.07) is 8.18. The average Bonchev–Trinajstić information content (AvgIpc) is 2.29. The number of hydrogen-bond acceptors (Lipinski definition) is 3. The van der Waals surface area contributed by atoms with Gasteiger partial charge in [-0.15, -0.1) is 0 Å². The molecular weight excluding hydrogens is 204 g/mol. The molecule has 0 bridgehead atoms. The summed E-state index contributed by atoms with van der Waals surface area (Å²) in [4.78, 5) is 10.7. The second kappa shape index (κ2) is 5.95. The topological polar surface area (TPSA) is 35.5 Å². The Morgan fingerprint density at radius 1 is 1.31 bits per heavy atom. The molecule has 0 aliphatic rings. The van der Waals surface area contributed by atoms with Crippen LogP contribution in [0.1, 0.15) is 18.1 Å². The van der Waals surface area contributed by atoms with E-state index in [0.717, 1.165) is 11.1 Å². The molecule has 0 aliphatic carbocycles. The molecule has 0 saturated heterocycles. The Bertz CT molecular complexity index is 377. The van der Waals surface area contributed by atoms with Gasteiger partial charge in [-0.05, 0) is 31.1 Å². The number of hydrogen-bond donors (Lipinski definition) is 0. The van der Waals surface area contributed by atoms with Crippen molar-refractivity contribution in [2.45, 2.75) is 13.8 Å². The van der Waals surface area contributed by atoms with Gasteiger partial charge in [0, 0.05) is 0 Å². The minimum Gasteiger partial charge on any atom is -0.438 e. The number of methoxy groups -OCH3 is 1. The Hall–Kier alpha value is -1.77. The molecule has 16 heavy (non-hydrogen) atoms. The second-order valence-corrected chi connectivity index (χ2v) is 3.52. The van der Waals surface area contributed by atoms with Gasteiger partial charge in [0.1, 0.15) is 6.61 Å². The average molecular weight is 220 g/mol. The minimum atomic E-state index is -0.659. The van der Waals surface area contributed by atoms with Crippen molar-refractivity contribution in [2.24, 2.45) is 0 Å². The highest BCUT2D eigenvalue weighted by molar-refractivity contribution is 5.64. The van der Waals surface area contributed by atoms with Gasteiger partial charge in [-0.25, -0.2) is 4.79 Å². The molecule has 0 heterocycles. The van der Waals surface area contributed by atoms with Crippen molar-refractivity contribution in [3.05, 3.63) is 41.5 Å². The van der Waals surface area contributed by atoms with Crippen molar-refractivity contribution in [1.29, 1.82) is 0 Å². The third kappa shape index (κ3) is 3.77. The molecule has 0 spiro atoms. The van der Waals surface area contributed by atoms with Gasteiger partial charge in [-0.2, -0.15) is 0 Å². The number of ether oxygens (including phenoxy) is 2. The van der Waals surface area contributed by atoms with Crippen LogP contribution in [0.5, 0.6) is 0 Å². The van der Waals surface area contributed by atoms with E-state index in [1.54, 1.807) is 0 Å². The Morgan fingerprint density at radius 3 is 2.50 bits per heavy atom. The standard InChI is InChI=1S/C13H16O3/c1-10-4-6-12(7-5-10)11(2)8-9-16-13(14)15-3/h4-8H,9H2,1-3H3/b11-8+. The van der Waals surface area contributed by atoms with Crippen LogP contribution in [0, 0.1) is 6.92 Å². The number of carbonyl (C=O) groups excluding carboxylic acids is 1. The molecule has 3 nitrogen and oxygen atoms in total. The zero-order chi connectivity index (χ0) is 12.0. The Kier molecular flexibility index (Phi) is 4.58. The first-order chi connectivity index (χ1) is 7.63. The van der Waals surface area contributed by atoms with E-state index in [4.69, 9.17) is 4.74 Å². The van der Waals surface area contributed by atoms with Crippen molar-refractivity contribution in [2.75, 3.05) is 13.7 Å². The fourth-order valence-electron chi connectivity index (χ4n) is 1.23. The van der Waals surface area contributed by atoms with E-state index in [0.29, 0.717) is 0 Å². The van der Waals surface area contributed by atoms with Crippen molar-refractivity contribution in [1.82, 2.24) is 0 Å². The van der Waals surface area contributed by atoms with E-state index >= 15 is 0 Å². The van der Waals surface area contributed by atoms with E-state index in [9.17, 15) is 4.79 Å². The van der Waals surface area contributed by atoms with Gasteiger partial charge in [-0.3, -0.25) is 0 Å². The van der Waals surface area contributed by atoms with Crippen LogP contribution in [-0.4, -0.2) is 19.9 Å². The molecule has 0 unspecified atom stereocenters. The van der Waals surface area contributed by atoms with Crippen molar-refractivity contribution >= 4 is 11.7 Å². The lowest BCUT2D eigenvalue weighted by Gasteiger charge is -2.03. The molecule has 0 atom stereocenters. The maximum Gasteiger partial charge on any atom is 0.508 e. The van der Waals surface area contributed by atoms with E-state index in [-0.39, 0.29) is 6.61 Å². The molecule has 1 aromatic rings. The molecule has 0 N–H and O–H groups in total. The maximum atomic E-state index is 10.7. The number of carbonyl (C=O) groups is 1. The lowest BCUT2D eigenvalue weighted by molar-refractivity contribution is 0.0819. The number of allylic oxidation sites excluding steroid dienone is 1. The highest BCUT2D eigenvalue weighted by Crippen LogP contribution is 2.13. The summed E-state index contributed by atoms with van der Waals surface area (Å²) in [6.07, 6.45) is 1.19. The largest absolute Gasteiger partial charge is 0.508 e. The molecule has 86 valence electrons. The zero-order valence-corrected chi connectivity index (χ0v) is 9.82. The summed E-state index contributed by atoms with van der Waals surface area (Å²) in [6.45, 7) is 4.25. The van der Waals surface area contributed by atoms with Gasteiger partial charge in [0.2, 0.25) is 0 Å². The molecule has 0 fully saturated rings. The lowest BCUT2D eigenvalue weighted by atomic mass is 10.1. The lowest BCUT2D eigenvalue weighted by Crippen LogP contribution is -2.03. The van der Waals surface area contributed by atoms with Gasteiger partial charge < -0.3 is 9.47 Å². The van der Waals surface area contributed by atoms with Gasteiger partial charge >= 0.3 is 6.16 Å². The van der Waals surface area contributed by atoms with Crippen LogP contribution < -0.4 is 0 Å². The van der Waals surface area contributed by atoms with Crippen LogP contribution in [-0.2, 0) is 9.47 Å². The van der Waals surface area contributed by atoms with E-state index < -0.39 is 6.16 Å². The fraction of sp³-hybridized carbons (Fsp3) is 0.308. The van der Waals surface area contributed by atoms with E-state index in [1.807, 2.05) is 44.2 Å². The van der Waals surface area contributed by atoms with E-state index in [1.165, 1.54) is 12.7 Å². The summed E-state index contributed by atoms with van der Waals surface area (Å²) in [5.41, 5.74) is 3.42.